The van der Waals surface area contributed by atoms with Crippen molar-refractivity contribution in [2.24, 2.45) is 0 Å². The van der Waals surface area contributed by atoms with E-state index in [9.17, 15) is 4.79 Å². The lowest BCUT2D eigenvalue weighted by molar-refractivity contribution is -0.114. The summed E-state index contributed by atoms with van der Waals surface area (Å²) in [5.74, 6) is 0.339. The minimum absolute atomic E-state index is 0.339. The molecule has 0 aliphatic heterocycles. The lowest BCUT2D eigenvalue weighted by Crippen LogP contribution is -1.90. The van der Waals surface area contributed by atoms with Gasteiger partial charge < -0.3 is 0 Å². The number of ketones is 1. The fraction of sp³-hybridized carbons (Fsp3) is 0.700. The van der Waals surface area contributed by atoms with Gasteiger partial charge in [-0.05, 0) is 31.8 Å². The molecule has 0 N–H and O–H groups in total. The minimum Gasteiger partial charge on any atom is -0.295 e. The molecule has 1 nitrogen and oxygen atoms in total. The summed E-state index contributed by atoms with van der Waals surface area (Å²) in [6.45, 7) is 2.16. The quantitative estimate of drug-likeness (QED) is 0.594. The van der Waals surface area contributed by atoms with Crippen LogP contribution in [0, 0.1) is 0 Å². The average Bonchev–Trinajstić information content (AvgIpc) is 2.15. The predicted molar refractivity (Wildman–Crippen MR) is 46.5 cm³/mol. The van der Waals surface area contributed by atoms with E-state index in [2.05, 4.69) is 6.92 Å². The van der Waals surface area contributed by atoms with Gasteiger partial charge in [0.05, 0.1) is 0 Å². The van der Waals surface area contributed by atoms with Gasteiger partial charge in [0.15, 0.2) is 5.78 Å². The van der Waals surface area contributed by atoms with Gasteiger partial charge in [-0.1, -0.05) is 18.9 Å². The summed E-state index contributed by atoms with van der Waals surface area (Å²) in [5.41, 5.74) is 1.37. The van der Waals surface area contributed by atoms with Gasteiger partial charge in [0.25, 0.3) is 0 Å². The Hall–Kier alpha value is -0.590. The molecular weight excluding hydrogens is 136 g/mol. The highest BCUT2D eigenvalue weighted by molar-refractivity contribution is 5.90. The molecule has 0 saturated carbocycles. The third kappa shape index (κ3) is 2.87. The lowest BCUT2D eigenvalue weighted by Gasteiger charge is -1.99. The van der Waals surface area contributed by atoms with E-state index in [1.165, 1.54) is 18.4 Å². The molecule has 0 radical (unpaired) electrons. The Morgan fingerprint density at radius 1 is 1.36 bits per heavy atom. The Morgan fingerprint density at radius 2 is 2.09 bits per heavy atom. The molecule has 1 heteroatoms. The van der Waals surface area contributed by atoms with E-state index in [1.54, 1.807) is 0 Å². The normalized spacial score (nSPS) is 19.4. The molecule has 11 heavy (non-hydrogen) atoms. The first kappa shape index (κ1) is 8.51. The van der Waals surface area contributed by atoms with Gasteiger partial charge in [-0.25, -0.2) is 0 Å². The summed E-state index contributed by atoms with van der Waals surface area (Å²) < 4.78 is 0. The van der Waals surface area contributed by atoms with E-state index in [-0.39, 0.29) is 0 Å². The minimum atomic E-state index is 0.339. The fourth-order valence-corrected chi connectivity index (χ4v) is 1.54. The number of hydrogen-bond acceptors (Lipinski definition) is 1. The first-order valence-corrected chi connectivity index (χ1v) is 4.55. The molecule has 0 aromatic heterocycles. The van der Waals surface area contributed by atoms with Gasteiger partial charge in [0.2, 0.25) is 0 Å². The van der Waals surface area contributed by atoms with Crippen LogP contribution in [0.2, 0.25) is 0 Å². The highest BCUT2D eigenvalue weighted by Crippen LogP contribution is 2.18. The Labute approximate surface area is 68.5 Å². The van der Waals surface area contributed by atoms with Gasteiger partial charge in [0.1, 0.15) is 0 Å². The number of rotatable bonds is 2. The first-order chi connectivity index (χ1) is 5.33. The summed E-state index contributed by atoms with van der Waals surface area (Å²) in [5, 5.41) is 0. The Balaban J connectivity index is 2.52. The van der Waals surface area contributed by atoms with E-state index >= 15 is 0 Å². The van der Waals surface area contributed by atoms with Gasteiger partial charge in [0, 0.05) is 6.42 Å². The van der Waals surface area contributed by atoms with Crippen molar-refractivity contribution >= 4 is 5.78 Å². The monoisotopic (exact) mass is 152 g/mol. The molecule has 0 unspecified atom stereocenters. The van der Waals surface area contributed by atoms with E-state index in [0.717, 1.165) is 25.7 Å². The van der Waals surface area contributed by atoms with Crippen LogP contribution in [0.25, 0.3) is 0 Å². The highest BCUT2D eigenvalue weighted by atomic mass is 16.1. The van der Waals surface area contributed by atoms with Crippen molar-refractivity contribution in [1.82, 2.24) is 0 Å². The predicted octanol–water partition coefficient (Wildman–Crippen LogP) is 2.86. The average molecular weight is 152 g/mol. The molecule has 1 rings (SSSR count). The summed E-state index contributed by atoms with van der Waals surface area (Å²) in [7, 11) is 0. The zero-order valence-corrected chi connectivity index (χ0v) is 7.23. The fourth-order valence-electron chi connectivity index (χ4n) is 1.54. The third-order valence-corrected chi connectivity index (χ3v) is 2.11. The van der Waals surface area contributed by atoms with Crippen LogP contribution in [0.3, 0.4) is 0 Å². The molecule has 0 atom stereocenters. The van der Waals surface area contributed by atoms with Crippen molar-refractivity contribution < 1.29 is 4.79 Å². The van der Waals surface area contributed by atoms with E-state index in [4.69, 9.17) is 0 Å². The Bertz CT molecular complexity index is 168. The molecular formula is C10H16O. The van der Waals surface area contributed by atoms with Gasteiger partial charge in [-0.2, -0.15) is 0 Å². The maximum atomic E-state index is 11.1. The van der Waals surface area contributed by atoms with E-state index in [1.807, 2.05) is 6.08 Å². The molecule has 0 fully saturated rings. The van der Waals surface area contributed by atoms with Crippen LogP contribution < -0.4 is 0 Å². The van der Waals surface area contributed by atoms with Crippen LogP contribution in [0.4, 0.5) is 0 Å². The standard InChI is InChI=1S/C10H16O/c1-2-5-9-6-3-4-7-10(11)8-9/h8H,2-7H2,1H3. The maximum Gasteiger partial charge on any atom is 0.155 e. The summed E-state index contributed by atoms with van der Waals surface area (Å²) in [6.07, 6.45) is 8.37. The molecule has 0 spiro atoms. The van der Waals surface area contributed by atoms with Crippen molar-refractivity contribution in [2.45, 2.75) is 45.4 Å². The van der Waals surface area contributed by atoms with Gasteiger partial charge in [-0.15, -0.1) is 0 Å². The second-order valence-electron chi connectivity index (χ2n) is 3.23. The first-order valence-electron chi connectivity index (χ1n) is 4.55. The van der Waals surface area contributed by atoms with Crippen molar-refractivity contribution in [3.63, 3.8) is 0 Å². The molecule has 0 amide bonds. The molecule has 1 aliphatic rings. The summed E-state index contributed by atoms with van der Waals surface area (Å²) in [6, 6.07) is 0. The number of carbonyl (C=O) groups is 1. The van der Waals surface area contributed by atoms with Gasteiger partial charge >= 0.3 is 0 Å². The topological polar surface area (TPSA) is 17.1 Å². The van der Waals surface area contributed by atoms with Crippen molar-refractivity contribution in [3.05, 3.63) is 11.6 Å². The summed E-state index contributed by atoms with van der Waals surface area (Å²) >= 11 is 0. The van der Waals surface area contributed by atoms with Gasteiger partial charge in [-0.3, -0.25) is 4.79 Å². The molecule has 0 saturated heterocycles. The third-order valence-electron chi connectivity index (χ3n) is 2.11. The molecule has 0 heterocycles. The molecule has 0 aromatic rings. The van der Waals surface area contributed by atoms with E-state index in [0.29, 0.717) is 5.78 Å². The smallest absolute Gasteiger partial charge is 0.155 e. The highest BCUT2D eigenvalue weighted by Gasteiger charge is 2.06. The largest absolute Gasteiger partial charge is 0.295 e. The molecule has 1 aliphatic carbocycles. The molecule has 0 bridgehead atoms. The zero-order chi connectivity index (χ0) is 8.10. The zero-order valence-electron chi connectivity index (χ0n) is 7.23. The SMILES string of the molecule is CCCC1=CC(=O)CCCC1. The number of allylic oxidation sites excluding steroid dienone is 2. The number of hydrogen-bond donors (Lipinski definition) is 0. The van der Waals surface area contributed by atoms with Crippen LogP contribution in [0.1, 0.15) is 45.4 Å². The second kappa shape index (κ2) is 4.32. The van der Waals surface area contributed by atoms with Crippen LogP contribution in [-0.2, 0) is 4.79 Å². The lowest BCUT2D eigenvalue weighted by atomic mass is 10.1. The van der Waals surface area contributed by atoms with Crippen molar-refractivity contribution in [2.75, 3.05) is 0 Å². The van der Waals surface area contributed by atoms with Crippen molar-refractivity contribution in [1.29, 1.82) is 0 Å². The van der Waals surface area contributed by atoms with Crippen molar-refractivity contribution in [3.8, 4) is 0 Å². The number of carbonyl (C=O) groups excluding carboxylic acids is 1. The Morgan fingerprint density at radius 3 is 2.82 bits per heavy atom. The van der Waals surface area contributed by atoms with Crippen LogP contribution in [0.5, 0.6) is 0 Å². The Kier molecular flexibility index (Phi) is 3.34. The summed E-state index contributed by atoms with van der Waals surface area (Å²) in [4.78, 5) is 11.1. The molecule has 62 valence electrons. The maximum absolute atomic E-state index is 11.1. The van der Waals surface area contributed by atoms with Crippen LogP contribution in [0.15, 0.2) is 11.6 Å². The van der Waals surface area contributed by atoms with Crippen LogP contribution >= 0.6 is 0 Å². The second-order valence-corrected chi connectivity index (χ2v) is 3.23. The van der Waals surface area contributed by atoms with E-state index < -0.39 is 0 Å². The van der Waals surface area contributed by atoms with Crippen LogP contribution in [-0.4, -0.2) is 5.78 Å². The molecule has 0 aromatic carbocycles.